The van der Waals surface area contributed by atoms with Crippen molar-refractivity contribution in [2.24, 2.45) is 0 Å². The topological polar surface area (TPSA) is 72.3 Å². The maximum Gasteiger partial charge on any atom is 0.256 e. The lowest BCUT2D eigenvalue weighted by atomic mass is 10.2. The molecule has 2 aromatic heterocycles. The quantitative estimate of drug-likeness (QED) is 0.698. The second kappa shape index (κ2) is 8.63. The van der Waals surface area contributed by atoms with Crippen LogP contribution in [-0.2, 0) is 11.3 Å². The number of aryl methyl sites for hydroxylation is 1. The Kier molecular flexibility index (Phi) is 5.78. The molecule has 8 heteroatoms. The molecule has 3 heterocycles. The summed E-state index contributed by atoms with van der Waals surface area (Å²) in [5, 5.41) is 7.62. The molecular formula is C21H22ClN5O2. The first kappa shape index (κ1) is 19.4. The third kappa shape index (κ3) is 4.26. The van der Waals surface area contributed by atoms with E-state index in [1.165, 1.54) is 0 Å². The molecule has 1 aliphatic heterocycles. The number of carbonyl (C=O) groups is 1. The molecule has 0 unspecified atom stereocenters. The second-order valence-corrected chi connectivity index (χ2v) is 7.16. The lowest BCUT2D eigenvalue weighted by Gasteiger charge is -2.27. The highest BCUT2D eigenvalue weighted by molar-refractivity contribution is 6.33. The average molecular weight is 412 g/mol. The smallest absolute Gasteiger partial charge is 0.256 e. The Morgan fingerprint density at radius 1 is 1.17 bits per heavy atom. The summed E-state index contributed by atoms with van der Waals surface area (Å²) in [6.45, 7) is 5.26. The molecule has 0 atom stereocenters. The normalized spacial score (nSPS) is 14.1. The van der Waals surface area contributed by atoms with E-state index in [-0.39, 0.29) is 5.91 Å². The summed E-state index contributed by atoms with van der Waals surface area (Å²) in [7, 11) is 0. The van der Waals surface area contributed by atoms with E-state index in [2.05, 4.69) is 20.3 Å². The van der Waals surface area contributed by atoms with Crippen molar-refractivity contribution in [3.05, 3.63) is 70.6 Å². The average Bonchev–Trinajstić information content (AvgIpc) is 3.07. The van der Waals surface area contributed by atoms with Crippen LogP contribution in [0.5, 0.6) is 0 Å². The van der Waals surface area contributed by atoms with Crippen LogP contribution in [0.15, 0.2) is 48.7 Å². The van der Waals surface area contributed by atoms with Crippen molar-refractivity contribution in [1.29, 1.82) is 0 Å². The Bertz CT molecular complexity index is 982. The SMILES string of the molecule is Cc1nn(-c2ccccc2)c(Cl)c1C(=O)NCc1ccc(N2CCOCC2)nc1. The number of hydrogen-bond acceptors (Lipinski definition) is 5. The highest BCUT2D eigenvalue weighted by Gasteiger charge is 2.21. The number of ether oxygens (including phenoxy) is 1. The molecule has 0 saturated carbocycles. The monoisotopic (exact) mass is 411 g/mol. The van der Waals surface area contributed by atoms with Crippen molar-refractivity contribution in [1.82, 2.24) is 20.1 Å². The van der Waals surface area contributed by atoms with E-state index in [9.17, 15) is 4.79 Å². The molecule has 3 aromatic rings. The summed E-state index contributed by atoms with van der Waals surface area (Å²) in [4.78, 5) is 19.4. The van der Waals surface area contributed by atoms with Gasteiger partial charge in [-0.25, -0.2) is 9.67 Å². The minimum absolute atomic E-state index is 0.257. The van der Waals surface area contributed by atoms with E-state index in [1.54, 1.807) is 17.8 Å². The van der Waals surface area contributed by atoms with Crippen LogP contribution in [0.4, 0.5) is 5.82 Å². The third-order valence-corrected chi connectivity index (χ3v) is 5.18. The maximum atomic E-state index is 12.7. The summed E-state index contributed by atoms with van der Waals surface area (Å²) in [5.74, 6) is 0.665. The number of carbonyl (C=O) groups excluding carboxylic acids is 1. The summed E-state index contributed by atoms with van der Waals surface area (Å²) >= 11 is 6.46. The van der Waals surface area contributed by atoms with Crippen LogP contribution in [0.25, 0.3) is 5.69 Å². The Balaban J connectivity index is 1.43. The van der Waals surface area contributed by atoms with Crippen LogP contribution in [0.3, 0.4) is 0 Å². The van der Waals surface area contributed by atoms with Gasteiger partial charge in [-0.05, 0) is 30.7 Å². The molecule has 1 amide bonds. The predicted octanol–water partition coefficient (Wildman–Crippen LogP) is 3.00. The molecule has 7 nitrogen and oxygen atoms in total. The molecular weight excluding hydrogens is 390 g/mol. The van der Waals surface area contributed by atoms with Crippen molar-refractivity contribution < 1.29 is 9.53 Å². The number of halogens is 1. The Morgan fingerprint density at radius 3 is 2.62 bits per heavy atom. The molecule has 1 aliphatic rings. The largest absolute Gasteiger partial charge is 0.378 e. The predicted molar refractivity (Wildman–Crippen MR) is 112 cm³/mol. The van der Waals surface area contributed by atoms with Crippen LogP contribution in [0.2, 0.25) is 5.15 Å². The minimum Gasteiger partial charge on any atom is -0.378 e. The number of aromatic nitrogens is 3. The van der Waals surface area contributed by atoms with E-state index >= 15 is 0 Å². The van der Waals surface area contributed by atoms with Crippen LogP contribution >= 0.6 is 11.6 Å². The van der Waals surface area contributed by atoms with Gasteiger partial charge in [0, 0.05) is 25.8 Å². The molecule has 0 bridgehead atoms. The van der Waals surface area contributed by atoms with Gasteiger partial charge in [0.1, 0.15) is 11.0 Å². The van der Waals surface area contributed by atoms with E-state index < -0.39 is 0 Å². The van der Waals surface area contributed by atoms with E-state index in [1.807, 2.05) is 42.5 Å². The van der Waals surface area contributed by atoms with Gasteiger partial charge in [0.05, 0.1) is 30.2 Å². The van der Waals surface area contributed by atoms with Gasteiger partial charge in [0.25, 0.3) is 5.91 Å². The van der Waals surface area contributed by atoms with Crippen LogP contribution in [0.1, 0.15) is 21.6 Å². The molecule has 1 fully saturated rings. The molecule has 1 N–H and O–H groups in total. The number of morpholine rings is 1. The van der Waals surface area contributed by atoms with Gasteiger partial charge >= 0.3 is 0 Å². The standard InChI is InChI=1S/C21H22ClN5O2/c1-15-19(20(22)27(25-15)17-5-3-2-4-6-17)21(28)24-14-16-7-8-18(23-13-16)26-9-11-29-12-10-26/h2-8,13H,9-12,14H2,1H3,(H,24,28). The number of rotatable bonds is 5. The summed E-state index contributed by atoms with van der Waals surface area (Å²) in [6.07, 6.45) is 1.78. The molecule has 1 aromatic carbocycles. The van der Waals surface area contributed by atoms with Crippen LogP contribution in [0, 0.1) is 6.92 Å². The highest BCUT2D eigenvalue weighted by atomic mass is 35.5. The van der Waals surface area contributed by atoms with Crippen LogP contribution < -0.4 is 10.2 Å². The van der Waals surface area contributed by atoms with Gasteiger partial charge in [0.2, 0.25) is 0 Å². The molecule has 29 heavy (non-hydrogen) atoms. The summed E-state index contributed by atoms with van der Waals surface area (Å²) in [6, 6.07) is 13.4. The number of para-hydroxylation sites is 1. The number of anilines is 1. The van der Waals surface area contributed by atoms with Crippen molar-refractivity contribution >= 4 is 23.3 Å². The lowest BCUT2D eigenvalue weighted by Crippen LogP contribution is -2.36. The van der Waals surface area contributed by atoms with E-state index in [0.717, 1.165) is 43.4 Å². The Labute approximate surface area is 174 Å². The van der Waals surface area contributed by atoms with Gasteiger partial charge < -0.3 is 15.0 Å². The van der Waals surface area contributed by atoms with Gasteiger partial charge in [-0.1, -0.05) is 35.9 Å². The zero-order valence-electron chi connectivity index (χ0n) is 16.1. The van der Waals surface area contributed by atoms with Crippen molar-refractivity contribution in [2.75, 3.05) is 31.2 Å². The maximum absolute atomic E-state index is 12.7. The molecule has 150 valence electrons. The second-order valence-electron chi connectivity index (χ2n) is 6.81. The van der Waals surface area contributed by atoms with Gasteiger partial charge in [-0.15, -0.1) is 0 Å². The molecule has 0 radical (unpaired) electrons. The van der Waals surface area contributed by atoms with E-state index in [0.29, 0.717) is 23.0 Å². The summed E-state index contributed by atoms with van der Waals surface area (Å²) in [5.41, 5.74) is 2.69. The molecule has 4 rings (SSSR count). The number of pyridine rings is 1. The number of nitrogens with zero attached hydrogens (tertiary/aromatic N) is 4. The van der Waals surface area contributed by atoms with Gasteiger partial charge in [0.15, 0.2) is 0 Å². The Morgan fingerprint density at radius 2 is 1.93 bits per heavy atom. The number of nitrogens with one attached hydrogen (secondary N) is 1. The van der Waals surface area contributed by atoms with Gasteiger partial charge in [-0.2, -0.15) is 5.10 Å². The van der Waals surface area contributed by atoms with Crippen molar-refractivity contribution in [2.45, 2.75) is 13.5 Å². The first-order valence-electron chi connectivity index (χ1n) is 9.50. The van der Waals surface area contributed by atoms with Crippen molar-refractivity contribution in [3.63, 3.8) is 0 Å². The summed E-state index contributed by atoms with van der Waals surface area (Å²) < 4.78 is 6.94. The molecule has 0 spiro atoms. The fourth-order valence-electron chi connectivity index (χ4n) is 3.27. The van der Waals surface area contributed by atoms with Crippen LogP contribution in [-0.4, -0.2) is 47.0 Å². The lowest BCUT2D eigenvalue weighted by molar-refractivity contribution is 0.0950. The minimum atomic E-state index is -0.257. The zero-order valence-corrected chi connectivity index (χ0v) is 16.9. The van der Waals surface area contributed by atoms with Gasteiger partial charge in [-0.3, -0.25) is 4.79 Å². The number of benzene rings is 1. The fraction of sp³-hybridized carbons (Fsp3) is 0.286. The molecule has 0 aliphatic carbocycles. The molecule has 1 saturated heterocycles. The zero-order chi connectivity index (χ0) is 20.2. The number of hydrogen-bond donors (Lipinski definition) is 1. The first-order chi connectivity index (χ1) is 14.1. The highest BCUT2D eigenvalue weighted by Crippen LogP contribution is 2.23. The first-order valence-corrected chi connectivity index (χ1v) is 9.87. The van der Waals surface area contributed by atoms with E-state index in [4.69, 9.17) is 16.3 Å². The Hall–Kier alpha value is -2.90. The number of amides is 1. The third-order valence-electron chi connectivity index (χ3n) is 4.83. The fourth-order valence-corrected chi connectivity index (χ4v) is 3.63. The van der Waals surface area contributed by atoms with Crippen molar-refractivity contribution in [3.8, 4) is 5.69 Å².